The van der Waals surface area contributed by atoms with Crippen LogP contribution in [0.25, 0.3) is 16.5 Å². The number of rotatable bonds is 8. The monoisotopic (exact) mass is 471 g/mol. The SMILES string of the molecule is CCOC(=O)CCC(=O)CSc1ncc(Br)n1-c1ccc(C#N)c2ccccc12. The van der Waals surface area contributed by atoms with Crippen molar-refractivity contribution in [3.05, 3.63) is 52.8 Å². The van der Waals surface area contributed by atoms with Crippen LogP contribution in [0.2, 0.25) is 0 Å². The number of ketones is 1. The smallest absolute Gasteiger partial charge is 0.306 e. The number of hydrogen-bond donors (Lipinski definition) is 0. The normalized spacial score (nSPS) is 10.7. The van der Waals surface area contributed by atoms with Crippen LogP contribution in [-0.4, -0.2) is 33.7 Å². The Kier molecular flexibility index (Phi) is 7.07. The molecule has 8 heteroatoms. The van der Waals surface area contributed by atoms with E-state index in [1.54, 1.807) is 19.2 Å². The quantitative estimate of drug-likeness (QED) is 0.350. The van der Waals surface area contributed by atoms with Gasteiger partial charge in [-0.2, -0.15) is 5.26 Å². The number of halogens is 1. The average molecular weight is 472 g/mol. The van der Waals surface area contributed by atoms with Crippen LogP contribution in [0.15, 0.2) is 52.4 Å². The maximum absolute atomic E-state index is 12.2. The standard InChI is InChI=1S/C21H18BrN3O3S/c1-2-28-20(27)10-8-15(26)13-29-21-24-12-19(22)25(21)18-9-7-14(11-23)16-5-3-4-6-17(16)18/h3-7,9,12H,2,8,10,13H2,1H3. The molecule has 0 radical (unpaired) electrons. The van der Waals surface area contributed by atoms with Gasteiger partial charge >= 0.3 is 5.97 Å². The number of nitriles is 1. The van der Waals surface area contributed by atoms with E-state index in [0.29, 0.717) is 17.3 Å². The molecule has 0 aliphatic carbocycles. The summed E-state index contributed by atoms with van der Waals surface area (Å²) < 4.78 is 7.51. The number of carbonyl (C=O) groups excluding carboxylic acids is 2. The van der Waals surface area contributed by atoms with E-state index in [-0.39, 0.29) is 30.3 Å². The third kappa shape index (κ3) is 4.86. The second kappa shape index (κ2) is 9.72. The molecular weight excluding hydrogens is 454 g/mol. The van der Waals surface area contributed by atoms with E-state index in [1.165, 1.54) is 11.8 Å². The van der Waals surface area contributed by atoms with Crippen LogP contribution < -0.4 is 0 Å². The molecule has 0 spiro atoms. The summed E-state index contributed by atoms with van der Waals surface area (Å²) in [6, 6.07) is 13.6. The van der Waals surface area contributed by atoms with Gasteiger partial charge in [-0.1, -0.05) is 36.0 Å². The van der Waals surface area contributed by atoms with Crippen LogP contribution in [0.3, 0.4) is 0 Å². The third-order valence-corrected chi connectivity index (χ3v) is 5.80. The van der Waals surface area contributed by atoms with Gasteiger partial charge < -0.3 is 4.74 Å². The summed E-state index contributed by atoms with van der Waals surface area (Å²) in [5, 5.41) is 11.8. The first-order valence-corrected chi connectivity index (χ1v) is 10.8. The molecule has 0 saturated heterocycles. The third-order valence-electron chi connectivity index (χ3n) is 4.22. The summed E-state index contributed by atoms with van der Waals surface area (Å²) >= 11 is 4.83. The molecule has 1 aromatic heterocycles. The van der Waals surface area contributed by atoms with E-state index in [9.17, 15) is 14.9 Å². The highest BCUT2D eigenvalue weighted by atomic mass is 79.9. The molecule has 1 heterocycles. The van der Waals surface area contributed by atoms with Crippen molar-refractivity contribution in [3.8, 4) is 11.8 Å². The summed E-state index contributed by atoms with van der Waals surface area (Å²) in [6.45, 7) is 2.05. The molecule has 6 nitrogen and oxygen atoms in total. The topological polar surface area (TPSA) is 85.0 Å². The second-order valence-electron chi connectivity index (χ2n) is 6.12. The van der Waals surface area contributed by atoms with Crippen LogP contribution in [0.1, 0.15) is 25.3 Å². The minimum Gasteiger partial charge on any atom is -0.466 e. The number of Topliss-reactive ketones (excluding diaryl/α,β-unsaturated/α-hetero) is 1. The van der Waals surface area contributed by atoms with Crippen LogP contribution >= 0.6 is 27.7 Å². The molecule has 0 saturated carbocycles. The lowest BCUT2D eigenvalue weighted by Gasteiger charge is -2.13. The van der Waals surface area contributed by atoms with Crippen molar-refractivity contribution in [1.29, 1.82) is 5.26 Å². The molecule has 0 N–H and O–H groups in total. The molecule has 29 heavy (non-hydrogen) atoms. The summed E-state index contributed by atoms with van der Waals surface area (Å²) in [4.78, 5) is 28.0. The first-order chi connectivity index (χ1) is 14.0. The van der Waals surface area contributed by atoms with Gasteiger partial charge in [0.15, 0.2) is 5.16 Å². The lowest BCUT2D eigenvalue weighted by Crippen LogP contribution is -2.09. The molecular formula is C21H18BrN3O3S. The molecule has 0 fully saturated rings. The number of nitrogens with zero attached hydrogens (tertiary/aromatic N) is 3. The van der Waals surface area contributed by atoms with Gasteiger partial charge in [-0.15, -0.1) is 0 Å². The fraction of sp³-hybridized carbons (Fsp3) is 0.238. The molecule has 0 atom stereocenters. The van der Waals surface area contributed by atoms with Crippen molar-refractivity contribution in [2.75, 3.05) is 12.4 Å². The summed E-state index contributed by atoms with van der Waals surface area (Å²) in [7, 11) is 0. The highest BCUT2D eigenvalue weighted by Gasteiger charge is 2.16. The van der Waals surface area contributed by atoms with Gasteiger partial charge in [0, 0.05) is 17.2 Å². The Morgan fingerprint density at radius 1 is 1.21 bits per heavy atom. The van der Waals surface area contributed by atoms with Crippen molar-refractivity contribution >= 4 is 50.2 Å². The molecule has 3 rings (SSSR count). The van der Waals surface area contributed by atoms with Crippen LogP contribution in [0, 0.1) is 11.3 Å². The number of esters is 1. The van der Waals surface area contributed by atoms with Crippen LogP contribution in [0.4, 0.5) is 0 Å². The van der Waals surface area contributed by atoms with E-state index in [4.69, 9.17) is 4.74 Å². The second-order valence-corrected chi connectivity index (χ2v) is 7.88. The number of aromatic nitrogens is 2. The van der Waals surface area contributed by atoms with E-state index in [2.05, 4.69) is 27.0 Å². The van der Waals surface area contributed by atoms with Gasteiger partial charge in [-0.3, -0.25) is 14.2 Å². The molecule has 148 valence electrons. The van der Waals surface area contributed by atoms with Crippen molar-refractivity contribution in [2.24, 2.45) is 0 Å². The van der Waals surface area contributed by atoms with Gasteiger partial charge in [-0.05, 0) is 35.0 Å². The van der Waals surface area contributed by atoms with E-state index < -0.39 is 0 Å². The summed E-state index contributed by atoms with van der Waals surface area (Å²) in [5.41, 5.74) is 1.47. The zero-order chi connectivity index (χ0) is 20.8. The van der Waals surface area contributed by atoms with Gasteiger partial charge in [0.1, 0.15) is 10.4 Å². The molecule has 0 amide bonds. The maximum Gasteiger partial charge on any atom is 0.306 e. The summed E-state index contributed by atoms with van der Waals surface area (Å²) in [5.74, 6) is -0.200. The number of fused-ring (bicyclic) bond motifs is 1. The zero-order valence-corrected chi connectivity index (χ0v) is 18.1. The lowest BCUT2D eigenvalue weighted by atomic mass is 10.0. The highest BCUT2D eigenvalue weighted by Crippen LogP contribution is 2.32. The van der Waals surface area contributed by atoms with Gasteiger partial charge in [0.05, 0.1) is 42.3 Å². The number of benzene rings is 2. The predicted octanol–water partition coefficient (Wildman–Crippen LogP) is 4.66. The van der Waals surface area contributed by atoms with Crippen molar-refractivity contribution in [1.82, 2.24) is 9.55 Å². The Labute approximate surface area is 181 Å². The number of imidazole rings is 1. The van der Waals surface area contributed by atoms with Crippen molar-refractivity contribution in [3.63, 3.8) is 0 Å². The lowest BCUT2D eigenvalue weighted by molar-refractivity contribution is -0.144. The van der Waals surface area contributed by atoms with Gasteiger partial charge in [0.25, 0.3) is 0 Å². The average Bonchev–Trinajstić information content (AvgIpc) is 3.10. The maximum atomic E-state index is 12.2. The fourth-order valence-corrected chi connectivity index (χ4v) is 4.37. The van der Waals surface area contributed by atoms with Crippen molar-refractivity contribution in [2.45, 2.75) is 24.9 Å². The number of ether oxygens (including phenoxy) is 1. The molecule has 0 aliphatic rings. The summed E-state index contributed by atoms with van der Waals surface area (Å²) in [6.07, 6.45) is 1.91. The molecule has 0 bridgehead atoms. The van der Waals surface area contributed by atoms with E-state index >= 15 is 0 Å². The van der Waals surface area contributed by atoms with E-state index in [1.807, 2.05) is 34.9 Å². The Morgan fingerprint density at radius 2 is 1.97 bits per heavy atom. The first-order valence-electron chi connectivity index (χ1n) is 9.00. The fourth-order valence-electron chi connectivity index (χ4n) is 2.90. The number of hydrogen-bond acceptors (Lipinski definition) is 6. The van der Waals surface area contributed by atoms with E-state index in [0.717, 1.165) is 21.1 Å². The predicted molar refractivity (Wildman–Crippen MR) is 115 cm³/mol. The largest absolute Gasteiger partial charge is 0.466 e. The Balaban J connectivity index is 1.83. The minimum absolute atomic E-state index is 0.0431. The molecule has 3 aromatic rings. The Hall–Kier alpha value is -2.63. The van der Waals surface area contributed by atoms with Crippen molar-refractivity contribution < 1.29 is 14.3 Å². The molecule has 2 aromatic carbocycles. The van der Waals surface area contributed by atoms with Gasteiger partial charge in [0.2, 0.25) is 0 Å². The van der Waals surface area contributed by atoms with Gasteiger partial charge in [-0.25, -0.2) is 4.98 Å². The van der Waals surface area contributed by atoms with Crippen LogP contribution in [-0.2, 0) is 14.3 Å². The Bertz CT molecular complexity index is 1100. The minimum atomic E-state index is -0.362. The molecule has 0 aliphatic heterocycles. The number of carbonyl (C=O) groups is 2. The first kappa shape index (κ1) is 21.1. The highest BCUT2D eigenvalue weighted by molar-refractivity contribution is 9.10. The van der Waals surface area contributed by atoms with Crippen LogP contribution in [0.5, 0.6) is 0 Å². The Morgan fingerprint density at radius 3 is 2.69 bits per heavy atom. The number of thioether (sulfide) groups is 1. The zero-order valence-electron chi connectivity index (χ0n) is 15.7. The molecule has 0 unspecified atom stereocenters.